The second kappa shape index (κ2) is 10.0. The minimum absolute atomic E-state index is 0.438. The largest absolute Gasteiger partial charge is 0.457 e. The number of para-hydroxylation sites is 1. The Hall–Kier alpha value is -3.27. The number of carbonyl (C=O) groups excluding carboxylic acids is 1. The maximum absolute atomic E-state index is 11.9. The normalized spacial score (nSPS) is 10.2. The van der Waals surface area contributed by atoms with E-state index >= 15 is 0 Å². The Morgan fingerprint density at radius 1 is 0.704 bits per heavy atom. The number of ether oxygens (including phenoxy) is 2. The molecule has 0 aliphatic carbocycles. The zero-order chi connectivity index (χ0) is 18.7. The molecule has 1 amide bonds. The molecule has 0 aliphatic rings. The van der Waals surface area contributed by atoms with Gasteiger partial charge in [-0.1, -0.05) is 48.5 Å². The van der Waals surface area contributed by atoms with Gasteiger partial charge in [0.05, 0.1) is 0 Å². The lowest BCUT2D eigenvalue weighted by molar-refractivity contribution is 0.200. The number of hydrogen-bond donors (Lipinski definition) is 1. The van der Waals surface area contributed by atoms with Gasteiger partial charge in [-0.2, -0.15) is 0 Å². The Balaban J connectivity index is 1.35. The van der Waals surface area contributed by atoms with E-state index in [1.165, 1.54) is 5.56 Å². The molecule has 4 nitrogen and oxygen atoms in total. The van der Waals surface area contributed by atoms with Crippen molar-refractivity contribution in [3.05, 3.63) is 90.5 Å². The molecule has 3 aromatic carbocycles. The molecule has 0 heterocycles. The topological polar surface area (TPSA) is 47.6 Å². The highest BCUT2D eigenvalue weighted by Crippen LogP contribution is 2.23. The summed E-state index contributed by atoms with van der Waals surface area (Å²) in [7, 11) is 0. The van der Waals surface area contributed by atoms with Crippen LogP contribution in [0, 0.1) is 0 Å². The second-order valence-corrected chi connectivity index (χ2v) is 6.15. The summed E-state index contributed by atoms with van der Waals surface area (Å²) >= 11 is 0. The SMILES string of the molecule is O=C(NCCCCc1ccccc1)Oc1ccc(Oc2ccccc2)cc1. The van der Waals surface area contributed by atoms with Crippen molar-refractivity contribution in [2.75, 3.05) is 6.54 Å². The lowest BCUT2D eigenvalue weighted by Gasteiger charge is -2.08. The Morgan fingerprint density at radius 3 is 2.00 bits per heavy atom. The molecule has 0 bridgehead atoms. The van der Waals surface area contributed by atoms with Crippen molar-refractivity contribution >= 4 is 6.09 Å². The number of hydrogen-bond acceptors (Lipinski definition) is 3. The fraction of sp³-hybridized carbons (Fsp3) is 0.174. The lowest BCUT2D eigenvalue weighted by Crippen LogP contribution is -2.27. The molecule has 0 spiro atoms. The third-order valence-electron chi connectivity index (χ3n) is 4.02. The Bertz CT molecular complexity index is 817. The van der Waals surface area contributed by atoms with Crippen LogP contribution in [0.1, 0.15) is 18.4 Å². The van der Waals surface area contributed by atoms with Gasteiger partial charge in [0, 0.05) is 6.54 Å². The van der Waals surface area contributed by atoms with Crippen molar-refractivity contribution in [1.29, 1.82) is 0 Å². The summed E-state index contributed by atoms with van der Waals surface area (Å²) in [6.07, 6.45) is 2.51. The first-order valence-corrected chi connectivity index (χ1v) is 9.12. The first-order valence-electron chi connectivity index (χ1n) is 9.12. The van der Waals surface area contributed by atoms with Gasteiger partial charge < -0.3 is 14.8 Å². The minimum atomic E-state index is -0.438. The van der Waals surface area contributed by atoms with Gasteiger partial charge in [-0.05, 0) is 61.2 Å². The van der Waals surface area contributed by atoms with Crippen molar-refractivity contribution in [3.8, 4) is 17.2 Å². The number of nitrogens with one attached hydrogen (secondary N) is 1. The van der Waals surface area contributed by atoms with Crippen molar-refractivity contribution in [1.82, 2.24) is 5.32 Å². The minimum Gasteiger partial charge on any atom is -0.457 e. The molecule has 0 saturated heterocycles. The van der Waals surface area contributed by atoms with E-state index in [-0.39, 0.29) is 0 Å². The molecule has 0 radical (unpaired) electrons. The molecule has 0 unspecified atom stereocenters. The van der Waals surface area contributed by atoms with Crippen LogP contribution >= 0.6 is 0 Å². The van der Waals surface area contributed by atoms with E-state index in [0.717, 1.165) is 25.0 Å². The van der Waals surface area contributed by atoms with Crippen molar-refractivity contribution in [3.63, 3.8) is 0 Å². The first kappa shape index (κ1) is 18.5. The highest BCUT2D eigenvalue weighted by molar-refractivity contribution is 5.70. The molecular weight excluding hydrogens is 338 g/mol. The van der Waals surface area contributed by atoms with E-state index < -0.39 is 6.09 Å². The number of aryl methyl sites for hydroxylation is 1. The number of rotatable bonds is 8. The summed E-state index contributed by atoms with van der Waals surface area (Å²) in [5.41, 5.74) is 1.32. The lowest BCUT2D eigenvalue weighted by atomic mass is 10.1. The predicted molar refractivity (Wildman–Crippen MR) is 106 cm³/mol. The first-order chi connectivity index (χ1) is 13.3. The average molecular weight is 361 g/mol. The van der Waals surface area contributed by atoms with Gasteiger partial charge in [0.15, 0.2) is 0 Å². The van der Waals surface area contributed by atoms with Gasteiger partial charge in [0.25, 0.3) is 0 Å². The molecular formula is C23H23NO3. The Kier molecular flexibility index (Phi) is 6.87. The van der Waals surface area contributed by atoms with E-state index in [1.54, 1.807) is 24.3 Å². The van der Waals surface area contributed by atoms with E-state index in [0.29, 0.717) is 18.0 Å². The number of carbonyl (C=O) groups is 1. The molecule has 0 aromatic heterocycles. The van der Waals surface area contributed by atoms with Gasteiger partial charge in [0.1, 0.15) is 17.2 Å². The number of unbranched alkanes of at least 4 members (excludes halogenated alkanes) is 1. The van der Waals surface area contributed by atoms with Crippen molar-refractivity contribution < 1.29 is 14.3 Å². The van der Waals surface area contributed by atoms with Crippen LogP contribution < -0.4 is 14.8 Å². The Labute approximate surface area is 159 Å². The summed E-state index contributed by atoms with van der Waals surface area (Å²) in [4.78, 5) is 11.9. The number of benzene rings is 3. The summed E-state index contributed by atoms with van der Waals surface area (Å²) < 4.78 is 11.0. The van der Waals surface area contributed by atoms with Gasteiger partial charge in [-0.15, -0.1) is 0 Å². The summed E-state index contributed by atoms with van der Waals surface area (Å²) in [6, 6.07) is 26.8. The van der Waals surface area contributed by atoms with E-state index in [2.05, 4.69) is 17.4 Å². The highest BCUT2D eigenvalue weighted by atomic mass is 16.6. The third kappa shape index (κ3) is 6.51. The fourth-order valence-corrected chi connectivity index (χ4v) is 2.63. The average Bonchev–Trinajstić information content (AvgIpc) is 2.71. The predicted octanol–water partition coefficient (Wildman–Crippen LogP) is 5.59. The van der Waals surface area contributed by atoms with Crippen LogP contribution in [0.3, 0.4) is 0 Å². The molecule has 0 atom stereocenters. The molecule has 3 rings (SSSR count). The van der Waals surface area contributed by atoms with E-state index in [9.17, 15) is 4.79 Å². The molecule has 27 heavy (non-hydrogen) atoms. The van der Waals surface area contributed by atoms with Crippen LogP contribution in [0.4, 0.5) is 4.79 Å². The van der Waals surface area contributed by atoms with Gasteiger partial charge >= 0.3 is 6.09 Å². The van der Waals surface area contributed by atoms with Crippen molar-refractivity contribution in [2.45, 2.75) is 19.3 Å². The Morgan fingerprint density at radius 2 is 1.30 bits per heavy atom. The second-order valence-electron chi connectivity index (χ2n) is 6.15. The van der Waals surface area contributed by atoms with Crippen molar-refractivity contribution in [2.24, 2.45) is 0 Å². The van der Waals surface area contributed by atoms with Crippen LogP contribution in [0.2, 0.25) is 0 Å². The van der Waals surface area contributed by atoms with Gasteiger partial charge in [-0.3, -0.25) is 0 Å². The van der Waals surface area contributed by atoms with Gasteiger partial charge in [0.2, 0.25) is 0 Å². The highest BCUT2D eigenvalue weighted by Gasteiger charge is 2.04. The number of amides is 1. The molecule has 4 heteroatoms. The quantitative estimate of drug-likeness (QED) is 0.532. The molecule has 138 valence electrons. The maximum atomic E-state index is 11.9. The fourth-order valence-electron chi connectivity index (χ4n) is 2.63. The molecule has 0 saturated carbocycles. The third-order valence-corrected chi connectivity index (χ3v) is 4.02. The zero-order valence-corrected chi connectivity index (χ0v) is 15.1. The van der Waals surface area contributed by atoms with Crippen LogP contribution in [0.25, 0.3) is 0 Å². The van der Waals surface area contributed by atoms with E-state index in [1.807, 2.05) is 48.5 Å². The van der Waals surface area contributed by atoms with Crippen LogP contribution in [0.15, 0.2) is 84.9 Å². The standard InChI is InChI=1S/C23H23NO3/c25-23(24-18-8-7-11-19-9-3-1-4-10-19)27-22-16-14-21(15-17-22)26-20-12-5-2-6-13-20/h1-6,9-10,12-17H,7-8,11,18H2,(H,24,25). The maximum Gasteiger partial charge on any atom is 0.412 e. The van der Waals surface area contributed by atoms with E-state index in [4.69, 9.17) is 9.47 Å². The van der Waals surface area contributed by atoms with Crippen LogP contribution in [0.5, 0.6) is 17.2 Å². The summed E-state index contributed by atoms with van der Waals surface area (Å²) in [5, 5.41) is 2.78. The summed E-state index contributed by atoms with van der Waals surface area (Å²) in [6.45, 7) is 0.598. The van der Waals surface area contributed by atoms with Gasteiger partial charge in [-0.25, -0.2) is 4.79 Å². The molecule has 1 N–H and O–H groups in total. The smallest absolute Gasteiger partial charge is 0.412 e. The van der Waals surface area contributed by atoms with Crippen LogP contribution in [-0.2, 0) is 6.42 Å². The zero-order valence-electron chi connectivity index (χ0n) is 15.1. The molecule has 0 fully saturated rings. The molecule has 3 aromatic rings. The summed E-state index contributed by atoms with van der Waals surface area (Å²) in [5.74, 6) is 1.94. The monoisotopic (exact) mass is 361 g/mol. The van der Waals surface area contributed by atoms with Crippen LogP contribution in [-0.4, -0.2) is 12.6 Å². The molecule has 0 aliphatic heterocycles.